The lowest BCUT2D eigenvalue weighted by molar-refractivity contribution is -0.0384. The molecule has 1 aromatic rings. The molecule has 0 saturated heterocycles. The number of esters is 1. The Labute approximate surface area is 139 Å². The third kappa shape index (κ3) is 4.21. The van der Waals surface area contributed by atoms with E-state index in [0.717, 1.165) is 10.4 Å². The molecule has 0 aliphatic carbocycles. The molecule has 2 heterocycles. The molecule has 7 nitrogen and oxygen atoms in total. The van der Waals surface area contributed by atoms with Gasteiger partial charge < -0.3 is 19.9 Å². The fraction of sp³-hybridized carbons (Fsp3) is 0.600. The number of anilines is 1. The maximum absolute atomic E-state index is 12.2. The van der Waals surface area contributed by atoms with Gasteiger partial charge in [0, 0.05) is 17.8 Å². The van der Waals surface area contributed by atoms with E-state index in [1.165, 1.54) is 18.4 Å². The molecule has 0 aromatic carbocycles. The molecule has 128 valence electrons. The zero-order valence-electron chi connectivity index (χ0n) is 13.7. The number of fused-ring (bicyclic) bond motifs is 1. The molecule has 2 rings (SSSR count). The van der Waals surface area contributed by atoms with E-state index in [2.05, 4.69) is 10.6 Å². The van der Waals surface area contributed by atoms with Gasteiger partial charge in [-0.25, -0.2) is 9.59 Å². The first kappa shape index (κ1) is 17.7. The first-order valence-electron chi connectivity index (χ1n) is 7.33. The highest BCUT2D eigenvalue weighted by atomic mass is 32.1. The van der Waals surface area contributed by atoms with Gasteiger partial charge in [-0.05, 0) is 26.3 Å². The third-order valence-corrected chi connectivity index (χ3v) is 4.58. The Kier molecular flexibility index (Phi) is 5.28. The van der Waals surface area contributed by atoms with E-state index in [1.54, 1.807) is 6.92 Å². The van der Waals surface area contributed by atoms with Crippen LogP contribution in [0.25, 0.3) is 0 Å². The second-order valence-corrected chi connectivity index (χ2v) is 7.21. The molecule has 0 bridgehead atoms. The number of urea groups is 1. The first-order chi connectivity index (χ1) is 10.7. The van der Waals surface area contributed by atoms with Crippen molar-refractivity contribution in [1.29, 1.82) is 0 Å². The van der Waals surface area contributed by atoms with Crippen molar-refractivity contribution in [3.8, 4) is 0 Å². The van der Waals surface area contributed by atoms with E-state index < -0.39 is 18.1 Å². The molecule has 8 heteroatoms. The number of carbonyl (C=O) groups excluding carboxylic acids is 2. The number of aliphatic hydroxyl groups is 1. The first-order valence-corrected chi connectivity index (χ1v) is 8.15. The Morgan fingerprint density at radius 1 is 1.48 bits per heavy atom. The normalized spacial score (nSPS) is 17.1. The number of ether oxygens (including phenoxy) is 2. The Morgan fingerprint density at radius 3 is 2.78 bits per heavy atom. The maximum Gasteiger partial charge on any atom is 0.341 e. The van der Waals surface area contributed by atoms with Gasteiger partial charge in [0.1, 0.15) is 5.00 Å². The Balaban J connectivity index is 2.27. The lowest BCUT2D eigenvalue weighted by Crippen LogP contribution is -2.34. The molecule has 3 N–H and O–H groups in total. The van der Waals surface area contributed by atoms with Crippen LogP contribution < -0.4 is 10.6 Å². The smallest absolute Gasteiger partial charge is 0.341 e. The molecule has 0 radical (unpaired) electrons. The zero-order chi connectivity index (χ0) is 17.2. The van der Waals surface area contributed by atoms with Crippen molar-refractivity contribution in [2.45, 2.75) is 45.5 Å². The molecule has 0 spiro atoms. The van der Waals surface area contributed by atoms with Crippen LogP contribution in [0.15, 0.2) is 0 Å². The van der Waals surface area contributed by atoms with Gasteiger partial charge in [-0.3, -0.25) is 5.32 Å². The average Bonchev–Trinajstić information content (AvgIpc) is 2.80. The Hall–Kier alpha value is -1.64. The van der Waals surface area contributed by atoms with Crippen LogP contribution in [0, 0.1) is 0 Å². The SMILES string of the molecule is COC(=O)c1c(NC(=O)NCC(C)O)sc2c1CC(C)(C)OC2. The van der Waals surface area contributed by atoms with Crippen molar-refractivity contribution in [1.82, 2.24) is 5.32 Å². The van der Waals surface area contributed by atoms with Crippen LogP contribution in [0.2, 0.25) is 0 Å². The average molecular weight is 342 g/mol. The minimum absolute atomic E-state index is 0.126. The van der Waals surface area contributed by atoms with Gasteiger partial charge in [-0.2, -0.15) is 0 Å². The van der Waals surface area contributed by atoms with Gasteiger partial charge in [0.2, 0.25) is 0 Å². The van der Waals surface area contributed by atoms with Gasteiger partial charge in [-0.15, -0.1) is 11.3 Å². The van der Waals surface area contributed by atoms with Crippen LogP contribution in [-0.2, 0) is 22.5 Å². The third-order valence-electron chi connectivity index (χ3n) is 3.46. The molecule has 2 amide bonds. The number of hydrogen-bond acceptors (Lipinski definition) is 6. The number of hydrogen-bond donors (Lipinski definition) is 3. The highest BCUT2D eigenvalue weighted by Crippen LogP contribution is 2.40. The van der Waals surface area contributed by atoms with E-state index >= 15 is 0 Å². The lowest BCUT2D eigenvalue weighted by atomic mass is 9.93. The number of amides is 2. The number of nitrogens with one attached hydrogen (secondary N) is 2. The van der Waals surface area contributed by atoms with Crippen molar-refractivity contribution >= 4 is 28.3 Å². The minimum atomic E-state index is -0.647. The largest absolute Gasteiger partial charge is 0.465 e. The summed E-state index contributed by atoms with van der Waals surface area (Å²) in [7, 11) is 1.31. The van der Waals surface area contributed by atoms with Crippen molar-refractivity contribution in [3.63, 3.8) is 0 Å². The van der Waals surface area contributed by atoms with Crippen molar-refractivity contribution in [2.24, 2.45) is 0 Å². The quantitative estimate of drug-likeness (QED) is 0.726. The van der Waals surface area contributed by atoms with Gasteiger partial charge >= 0.3 is 12.0 Å². The Morgan fingerprint density at radius 2 is 2.17 bits per heavy atom. The lowest BCUT2D eigenvalue weighted by Gasteiger charge is -2.30. The van der Waals surface area contributed by atoms with Crippen LogP contribution in [0.5, 0.6) is 0 Å². The van der Waals surface area contributed by atoms with Crippen LogP contribution in [0.4, 0.5) is 9.80 Å². The van der Waals surface area contributed by atoms with E-state index in [9.17, 15) is 14.7 Å². The molecule has 1 aliphatic heterocycles. The molecule has 1 aliphatic rings. The summed E-state index contributed by atoms with van der Waals surface area (Å²) in [6.07, 6.45) is -0.0770. The number of carbonyl (C=O) groups is 2. The predicted molar refractivity (Wildman–Crippen MR) is 86.9 cm³/mol. The summed E-state index contributed by atoms with van der Waals surface area (Å²) >= 11 is 1.31. The van der Waals surface area contributed by atoms with Crippen LogP contribution in [0.1, 0.15) is 41.6 Å². The fourth-order valence-corrected chi connectivity index (χ4v) is 3.46. The zero-order valence-corrected chi connectivity index (χ0v) is 14.5. The summed E-state index contributed by atoms with van der Waals surface area (Å²) in [5.41, 5.74) is 0.878. The number of methoxy groups -OCH3 is 1. The molecular formula is C15H22N2O5S. The monoisotopic (exact) mass is 342 g/mol. The van der Waals surface area contributed by atoms with E-state index in [0.29, 0.717) is 23.6 Å². The van der Waals surface area contributed by atoms with E-state index in [1.807, 2.05) is 13.8 Å². The van der Waals surface area contributed by atoms with E-state index in [4.69, 9.17) is 9.47 Å². The summed E-state index contributed by atoms with van der Waals surface area (Å²) in [6, 6.07) is -0.477. The number of thiophene rings is 1. The molecule has 1 aromatic heterocycles. The molecule has 1 atom stereocenters. The van der Waals surface area contributed by atoms with Crippen molar-refractivity contribution < 1.29 is 24.2 Å². The highest BCUT2D eigenvalue weighted by Gasteiger charge is 2.34. The predicted octanol–water partition coefficient (Wildman–Crippen LogP) is 1.89. The number of aliphatic hydroxyl groups excluding tert-OH is 1. The Bertz CT molecular complexity index is 609. The molecule has 23 heavy (non-hydrogen) atoms. The van der Waals surface area contributed by atoms with Crippen LogP contribution in [-0.4, -0.2) is 42.5 Å². The summed E-state index contributed by atoms with van der Waals surface area (Å²) in [5.74, 6) is -0.481. The fourth-order valence-electron chi connectivity index (χ4n) is 2.35. The van der Waals surface area contributed by atoms with Gasteiger partial charge in [0.15, 0.2) is 0 Å². The van der Waals surface area contributed by atoms with Gasteiger partial charge in [-0.1, -0.05) is 0 Å². The molecule has 1 unspecified atom stereocenters. The summed E-state index contributed by atoms with van der Waals surface area (Å²) in [4.78, 5) is 25.0. The minimum Gasteiger partial charge on any atom is -0.465 e. The second-order valence-electron chi connectivity index (χ2n) is 6.11. The molecular weight excluding hydrogens is 320 g/mol. The maximum atomic E-state index is 12.2. The summed E-state index contributed by atoms with van der Waals surface area (Å²) < 4.78 is 10.6. The van der Waals surface area contributed by atoms with Gasteiger partial charge in [0.05, 0.1) is 31.0 Å². The second kappa shape index (κ2) is 6.86. The standard InChI is InChI=1S/C15H22N2O5S/c1-8(18)6-16-14(20)17-12-11(13(19)21-4)9-5-15(2,3)22-7-10(9)23-12/h8,18H,5-7H2,1-4H3,(H2,16,17,20). The highest BCUT2D eigenvalue weighted by molar-refractivity contribution is 7.17. The van der Waals surface area contributed by atoms with E-state index in [-0.39, 0.29) is 12.1 Å². The number of rotatable bonds is 4. The van der Waals surface area contributed by atoms with Crippen LogP contribution >= 0.6 is 11.3 Å². The van der Waals surface area contributed by atoms with Gasteiger partial charge in [0.25, 0.3) is 0 Å². The molecule has 0 saturated carbocycles. The molecule has 0 fully saturated rings. The van der Waals surface area contributed by atoms with Crippen molar-refractivity contribution in [2.75, 3.05) is 19.0 Å². The van der Waals surface area contributed by atoms with Crippen LogP contribution in [0.3, 0.4) is 0 Å². The van der Waals surface area contributed by atoms with Crippen molar-refractivity contribution in [3.05, 3.63) is 16.0 Å². The topological polar surface area (TPSA) is 96.9 Å². The summed E-state index contributed by atoms with van der Waals surface area (Å²) in [6.45, 7) is 6.01. The summed E-state index contributed by atoms with van der Waals surface area (Å²) in [5, 5.41) is 14.8.